The zero-order chi connectivity index (χ0) is 15.4. The van der Waals surface area contributed by atoms with Crippen LogP contribution in [-0.2, 0) is 0 Å². The summed E-state index contributed by atoms with van der Waals surface area (Å²) in [5, 5.41) is 6.78. The molecule has 0 spiro atoms. The molecule has 0 bridgehead atoms. The first-order valence-electron chi connectivity index (χ1n) is 7.27. The third-order valence-corrected chi connectivity index (χ3v) is 4.83. The quantitative estimate of drug-likeness (QED) is 0.623. The number of rotatable bonds is 4. The van der Waals surface area contributed by atoms with Crippen molar-refractivity contribution >= 4 is 50.1 Å². The molecule has 2 aromatic rings. The lowest BCUT2D eigenvalue weighted by Gasteiger charge is -2.30. The molecular weight excluding hydrogens is 362 g/mol. The van der Waals surface area contributed by atoms with Crippen molar-refractivity contribution in [1.29, 1.82) is 0 Å². The number of nitrogens with zero attached hydrogens (tertiary/aromatic N) is 3. The summed E-state index contributed by atoms with van der Waals surface area (Å²) in [6, 6.07) is 6.32. The summed E-state index contributed by atoms with van der Waals surface area (Å²) in [7, 11) is 0. The maximum Gasteiger partial charge on any atom is 0.205 e. The van der Waals surface area contributed by atoms with Gasteiger partial charge in [-0.1, -0.05) is 15.9 Å². The topological polar surface area (TPSA) is 66.5 Å². The van der Waals surface area contributed by atoms with E-state index in [0.29, 0.717) is 10.9 Å². The lowest BCUT2D eigenvalue weighted by Crippen LogP contribution is -2.30. The lowest BCUT2D eigenvalue weighted by atomic mass is 10.1. The van der Waals surface area contributed by atoms with Crippen LogP contribution in [0.25, 0.3) is 0 Å². The number of thiazole rings is 1. The van der Waals surface area contributed by atoms with Crippen LogP contribution < -0.4 is 16.1 Å². The van der Waals surface area contributed by atoms with Crippen molar-refractivity contribution in [3.8, 4) is 0 Å². The summed E-state index contributed by atoms with van der Waals surface area (Å²) >= 11 is 4.97. The van der Waals surface area contributed by atoms with E-state index in [1.807, 2.05) is 6.21 Å². The highest BCUT2D eigenvalue weighted by Gasteiger charge is 2.13. The van der Waals surface area contributed by atoms with Crippen molar-refractivity contribution in [2.24, 2.45) is 5.10 Å². The van der Waals surface area contributed by atoms with Gasteiger partial charge in [0.2, 0.25) is 5.13 Å². The summed E-state index contributed by atoms with van der Waals surface area (Å²) in [5.41, 5.74) is 10.8. The Morgan fingerprint density at radius 1 is 1.32 bits per heavy atom. The molecule has 1 saturated heterocycles. The van der Waals surface area contributed by atoms with E-state index >= 15 is 0 Å². The highest BCUT2D eigenvalue weighted by Crippen LogP contribution is 2.26. The first-order valence-corrected chi connectivity index (χ1v) is 8.94. The Balaban J connectivity index is 1.77. The van der Waals surface area contributed by atoms with E-state index < -0.39 is 0 Å². The van der Waals surface area contributed by atoms with Gasteiger partial charge in [0, 0.05) is 34.2 Å². The third kappa shape index (κ3) is 3.78. The fourth-order valence-electron chi connectivity index (χ4n) is 2.55. The van der Waals surface area contributed by atoms with Crippen molar-refractivity contribution < 1.29 is 0 Å². The molecule has 2 heterocycles. The Kier molecular flexibility index (Phi) is 4.94. The van der Waals surface area contributed by atoms with Gasteiger partial charge in [0.15, 0.2) is 0 Å². The number of hydrogen-bond donors (Lipinski definition) is 2. The monoisotopic (exact) mass is 379 g/mol. The van der Waals surface area contributed by atoms with E-state index in [1.54, 1.807) is 5.38 Å². The summed E-state index contributed by atoms with van der Waals surface area (Å²) in [5.74, 6) is 0.513. The van der Waals surface area contributed by atoms with Crippen LogP contribution in [0, 0.1) is 0 Å². The Morgan fingerprint density at radius 3 is 2.86 bits per heavy atom. The van der Waals surface area contributed by atoms with Gasteiger partial charge in [0.1, 0.15) is 5.82 Å². The number of nitrogen functional groups attached to an aromatic ring is 1. The maximum absolute atomic E-state index is 5.60. The first-order chi connectivity index (χ1) is 10.7. The van der Waals surface area contributed by atoms with E-state index in [4.69, 9.17) is 5.73 Å². The molecule has 1 aromatic carbocycles. The van der Waals surface area contributed by atoms with Crippen molar-refractivity contribution in [2.75, 3.05) is 29.1 Å². The highest BCUT2D eigenvalue weighted by molar-refractivity contribution is 9.10. The zero-order valence-electron chi connectivity index (χ0n) is 12.1. The number of nitrogens with one attached hydrogen (secondary N) is 1. The van der Waals surface area contributed by atoms with Gasteiger partial charge in [-0.2, -0.15) is 5.10 Å². The summed E-state index contributed by atoms with van der Waals surface area (Å²) < 4.78 is 1.05. The number of hydrazone groups is 1. The van der Waals surface area contributed by atoms with Gasteiger partial charge in [-0.15, -0.1) is 11.3 Å². The molecule has 0 atom stereocenters. The zero-order valence-corrected chi connectivity index (χ0v) is 14.5. The number of aromatic nitrogens is 1. The standard InChI is InChI=1S/C15H18BrN5S/c16-12-4-5-13(21-6-2-1-3-7-21)11(8-12)9-18-20-15-19-14(17)10-22-15/h4-5,8-10H,1-3,6-7,17H2,(H,19,20). The lowest BCUT2D eigenvalue weighted by molar-refractivity contribution is 0.577. The van der Waals surface area contributed by atoms with Gasteiger partial charge in [0.05, 0.1) is 6.21 Å². The predicted octanol–water partition coefficient (Wildman–Crippen LogP) is 3.92. The van der Waals surface area contributed by atoms with E-state index in [0.717, 1.165) is 23.1 Å². The third-order valence-electron chi connectivity index (χ3n) is 3.57. The average Bonchev–Trinajstić information content (AvgIpc) is 2.94. The molecule has 116 valence electrons. The Morgan fingerprint density at radius 2 is 2.14 bits per heavy atom. The van der Waals surface area contributed by atoms with Gasteiger partial charge < -0.3 is 10.6 Å². The average molecular weight is 380 g/mol. The molecule has 1 fully saturated rings. The van der Waals surface area contributed by atoms with Crippen LogP contribution in [0.1, 0.15) is 24.8 Å². The van der Waals surface area contributed by atoms with Gasteiger partial charge >= 0.3 is 0 Å². The second-order valence-corrected chi connectivity index (χ2v) is 6.97. The highest BCUT2D eigenvalue weighted by atomic mass is 79.9. The van der Waals surface area contributed by atoms with Crippen molar-refractivity contribution in [1.82, 2.24) is 4.98 Å². The Hall–Kier alpha value is -1.60. The fraction of sp³-hybridized carbons (Fsp3) is 0.333. The smallest absolute Gasteiger partial charge is 0.205 e. The van der Waals surface area contributed by atoms with Crippen LogP contribution in [0.3, 0.4) is 0 Å². The molecule has 1 aliphatic rings. The number of halogens is 1. The molecule has 5 nitrogen and oxygen atoms in total. The molecule has 0 amide bonds. The number of benzene rings is 1. The molecule has 1 aliphatic heterocycles. The minimum atomic E-state index is 0.513. The molecule has 0 aliphatic carbocycles. The van der Waals surface area contributed by atoms with E-state index in [2.05, 4.69) is 54.5 Å². The van der Waals surface area contributed by atoms with Crippen LogP contribution >= 0.6 is 27.3 Å². The molecule has 3 N–H and O–H groups in total. The predicted molar refractivity (Wildman–Crippen MR) is 97.9 cm³/mol. The van der Waals surface area contributed by atoms with E-state index in [9.17, 15) is 0 Å². The molecule has 7 heteroatoms. The van der Waals surface area contributed by atoms with Crippen LogP contribution in [0.5, 0.6) is 0 Å². The molecule has 1 aromatic heterocycles. The molecule has 22 heavy (non-hydrogen) atoms. The minimum Gasteiger partial charge on any atom is -0.383 e. The summed E-state index contributed by atoms with van der Waals surface area (Å²) in [4.78, 5) is 6.55. The Bertz CT molecular complexity index is 664. The Labute approximate surface area is 142 Å². The van der Waals surface area contributed by atoms with Crippen LogP contribution in [0.4, 0.5) is 16.6 Å². The number of piperidine rings is 1. The minimum absolute atomic E-state index is 0.513. The van der Waals surface area contributed by atoms with E-state index in [1.165, 1.54) is 36.3 Å². The summed E-state index contributed by atoms with van der Waals surface area (Å²) in [6.45, 7) is 2.22. The van der Waals surface area contributed by atoms with Gasteiger partial charge in [-0.3, -0.25) is 5.43 Å². The van der Waals surface area contributed by atoms with E-state index in [-0.39, 0.29) is 0 Å². The van der Waals surface area contributed by atoms with Crippen molar-refractivity contribution in [3.05, 3.63) is 33.6 Å². The second kappa shape index (κ2) is 7.11. The molecule has 0 radical (unpaired) electrons. The molecule has 0 saturated carbocycles. The second-order valence-electron chi connectivity index (χ2n) is 5.20. The normalized spacial score (nSPS) is 15.4. The van der Waals surface area contributed by atoms with Crippen molar-refractivity contribution in [2.45, 2.75) is 19.3 Å². The van der Waals surface area contributed by atoms with Gasteiger partial charge in [-0.05, 0) is 37.5 Å². The molecule has 0 unspecified atom stereocenters. The first kappa shape index (κ1) is 15.3. The van der Waals surface area contributed by atoms with Gasteiger partial charge in [-0.25, -0.2) is 4.98 Å². The number of nitrogens with two attached hydrogens (primary N) is 1. The largest absolute Gasteiger partial charge is 0.383 e. The number of anilines is 3. The van der Waals surface area contributed by atoms with Crippen LogP contribution in [0.15, 0.2) is 33.2 Å². The van der Waals surface area contributed by atoms with Gasteiger partial charge in [0.25, 0.3) is 0 Å². The molecular formula is C15H18BrN5S. The van der Waals surface area contributed by atoms with Crippen LogP contribution in [0.2, 0.25) is 0 Å². The fourth-order valence-corrected chi connectivity index (χ4v) is 3.47. The number of hydrogen-bond acceptors (Lipinski definition) is 6. The maximum atomic E-state index is 5.60. The van der Waals surface area contributed by atoms with Crippen molar-refractivity contribution in [3.63, 3.8) is 0 Å². The van der Waals surface area contributed by atoms with Crippen LogP contribution in [-0.4, -0.2) is 24.3 Å². The summed E-state index contributed by atoms with van der Waals surface area (Å²) in [6.07, 6.45) is 5.67. The SMILES string of the molecule is Nc1csc(NN=Cc2cc(Br)ccc2N2CCCCC2)n1. The molecule has 3 rings (SSSR count).